The van der Waals surface area contributed by atoms with Crippen LogP contribution in [-0.2, 0) is 27.2 Å². The van der Waals surface area contributed by atoms with Crippen LogP contribution in [0.1, 0.15) is 29.7 Å². The van der Waals surface area contributed by atoms with Crippen molar-refractivity contribution in [3.8, 4) is 5.75 Å². The lowest BCUT2D eigenvalue weighted by Gasteiger charge is -2.36. The topological polar surface area (TPSA) is 123 Å². The van der Waals surface area contributed by atoms with Crippen LogP contribution in [0, 0.1) is 0 Å². The minimum Gasteiger partial charge on any atom is -0.494 e. The van der Waals surface area contributed by atoms with Gasteiger partial charge in [0.1, 0.15) is 11.6 Å². The zero-order valence-electron chi connectivity index (χ0n) is 27.5. The van der Waals surface area contributed by atoms with Gasteiger partial charge in [-0.15, -0.1) is 0 Å². The molecule has 1 aliphatic carbocycles. The molecule has 2 aliphatic rings. The molecule has 15 heteroatoms. The van der Waals surface area contributed by atoms with Crippen molar-refractivity contribution in [3.63, 3.8) is 0 Å². The zero-order valence-corrected chi connectivity index (χ0v) is 28.3. The predicted molar refractivity (Wildman–Crippen MR) is 178 cm³/mol. The van der Waals surface area contributed by atoms with Crippen LogP contribution >= 0.6 is 0 Å². The molecule has 1 fully saturated rings. The maximum absolute atomic E-state index is 14.8. The second kappa shape index (κ2) is 13.6. The number of carbonyl (C=O) groups is 1. The quantitative estimate of drug-likeness (QED) is 0.313. The summed E-state index contributed by atoms with van der Waals surface area (Å²) in [7, 11) is 2.92. The summed E-state index contributed by atoms with van der Waals surface area (Å²) < 4.78 is 61.7. The molecule has 2 heterocycles. The van der Waals surface area contributed by atoms with Crippen LogP contribution in [0.3, 0.4) is 0 Å². The molecule has 0 saturated carbocycles. The molecule has 3 aromatic rings. The van der Waals surface area contributed by atoms with Gasteiger partial charge < -0.3 is 25.2 Å². The fourth-order valence-corrected chi connectivity index (χ4v) is 6.68. The second-order valence-corrected chi connectivity index (χ2v) is 14.3. The average Bonchev–Trinajstić information content (AvgIpc) is 3.37. The molecule has 2 atom stereocenters. The van der Waals surface area contributed by atoms with Crippen molar-refractivity contribution < 1.29 is 26.7 Å². The van der Waals surface area contributed by atoms with Gasteiger partial charge in [0.2, 0.25) is 21.9 Å². The first-order valence-electron chi connectivity index (χ1n) is 15.3. The number of aromatic nitrogens is 2. The summed E-state index contributed by atoms with van der Waals surface area (Å²) in [5.41, 5.74) is 2.81. The Kier molecular flexibility index (Phi) is 9.89. The Morgan fingerprint density at radius 2 is 1.81 bits per heavy atom. The summed E-state index contributed by atoms with van der Waals surface area (Å²) >= 11 is 0. The molecular formula is C32H42F2N8O4S. The SMILES string of the molecule is COc1cc(N2CCN(CC(=O)N(C)C)CC2)ccc1Nc1ncc(C(C)(F)F)c(NC2Cc3ccccc3C2N(C)S(C)(=O)=O)n1. The van der Waals surface area contributed by atoms with Crippen molar-refractivity contribution in [2.75, 3.05) is 82.8 Å². The van der Waals surface area contributed by atoms with E-state index in [0.29, 0.717) is 24.4 Å². The lowest BCUT2D eigenvalue weighted by Crippen LogP contribution is -2.49. The number of methoxy groups -OCH3 is 1. The molecule has 2 unspecified atom stereocenters. The Labute approximate surface area is 274 Å². The molecule has 47 heavy (non-hydrogen) atoms. The number of rotatable bonds is 11. The first kappa shape index (κ1) is 34.3. The number of amides is 1. The van der Waals surface area contributed by atoms with Gasteiger partial charge in [-0.3, -0.25) is 9.69 Å². The molecule has 1 amide bonds. The molecule has 2 aromatic carbocycles. The number of nitrogens with one attached hydrogen (secondary N) is 2. The number of likely N-dealkylation sites (N-methyl/N-ethyl adjacent to an activating group) is 2. The molecule has 1 saturated heterocycles. The molecule has 2 N–H and O–H groups in total. The molecule has 0 spiro atoms. The van der Waals surface area contributed by atoms with E-state index in [1.807, 2.05) is 42.5 Å². The number of hydrogen-bond donors (Lipinski definition) is 2. The number of piperazine rings is 1. The van der Waals surface area contributed by atoms with E-state index in [-0.39, 0.29) is 17.7 Å². The van der Waals surface area contributed by atoms with Crippen LogP contribution in [0.25, 0.3) is 0 Å². The van der Waals surface area contributed by atoms with E-state index < -0.39 is 33.6 Å². The summed E-state index contributed by atoms with van der Waals surface area (Å²) in [6.45, 7) is 4.12. The number of benzene rings is 2. The maximum Gasteiger partial charge on any atom is 0.275 e. The van der Waals surface area contributed by atoms with Crippen molar-refractivity contribution in [2.45, 2.75) is 31.4 Å². The fourth-order valence-electron chi connectivity index (χ4n) is 6.01. The highest BCUT2D eigenvalue weighted by molar-refractivity contribution is 7.88. The Hall–Kier alpha value is -4.08. The smallest absolute Gasteiger partial charge is 0.275 e. The molecular weight excluding hydrogens is 630 g/mol. The summed E-state index contributed by atoms with van der Waals surface area (Å²) in [6, 6.07) is 11.9. The van der Waals surface area contributed by atoms with E-state index in [1.54, 1.807) is 26.1 Å². The summed E-state index contributed by atoms with van der Waals surface area (Å²) in [4.78, 5) is 26.7. The Morgan fingerprint density at radius 3 is 2.45 bits per heavy atom. The number of anilines is 4. The van der Waals surface area contributed by atoms with Crippen LogP contribution in [0.5, 0.6) is 5.75 Å². The summed E-state index contributed by atoms with van der Waals surface area (Å²) in [6.07, 6.45) is 2.62. The third kappa shape index (κ3) is 7.74. The number of halogens is 2. The van der Waals surface area contributed by atoms with E-state index in [9.17, 15) is 22.0 Å². The first-order valence-corrected chi connectivity index (χ1v) is 17.2. The van der Waals surface area contributed by atoms with Gasteiger partial charge in [-0.25, -0.2) is 22.2 Å². The van der Waals surface area contributed by atoms with Gasteiger partial charge in [-0.05, 0) is 29.7 Å². The van der Waals surface area contributed by atoms with Gasteiger partial charge in [0.05, 0.1) is 43.2 Å². The standard InChI is InChI=1S/C32H42F2N8O4S/c1-32(33,34)24-19-35-31(38-30(24)36-26-17-21-9-7-8-10-23(21)29(26)40(4)47(6,44)45)37-25-12-11-22(18-27(25)46-5)42-15-13-41(14-16-42)20-28(43)39(2)3/h7-12,18-19,26,29H,13-17,20H2,1-6H3,(H2,35,36,37,38). The van der Waals surface area contributed by atoms with E-state index in [1.165, 1.54) is 11.4 Å². The molecule has 5 rings (SSSR count). The predicted octanol–water partition coefficient (Wildman–Crippen LogP) is 3.52. The third-order valence-electron chi connectivity index (χ3n) is 8.72. The van der Waals surface area contributed by atoms with Gasteiger partial charge in [0.25, 0.3) is 5.92 Å². The van der Waals surface area contributed by atoms with E-state index >= 15 is 0 Å². The van der Waals surface area contributed by atoms with Crippen LogP contribution in [0.2, 0.25) is 0 Å². The average molecular weight is 673 g/mol. The molecule has 1 aliphatic heterocycles. The Balaban J connectivity index is 1.37. The molecule has 254 valence electrons. The van der Waals surface area contributed by atoms with Gasteiger partial charge >= 0.3 is 0 Å². The minimum atomic E-state index is -3.61. The Bertz CT molecular complexity index is 1710. The van der Waals surface area contributed by atoms with Crippen molar-refractivity contribution in [2.24, 2.45) is 0 Å². The van der Waals surface area contributed by atoms with E-state index in [4.69, 9.17) is 4.74 Å². The van der Waals surface area contributed by atoms with Gasteiger partial charge in [0.15, 0.2) is 0 Å². The van der Waals surface area contributed by atoms with Crippen LogP contribution in [0.15, 0.2) is 48.7 Å². The van der Waals surface area contributed by atoms with Crippen molar-refractivity contribution in [1.29, 1.82) is 0 Å². The molecule has 0 bridgehead atoms. The number of nitrogens with zero attached hydrogens (tertiary/aromatic N) is 6. The first-order chi connectivity index (χ1) is 22.2. The number of ether oxygens (including phenoxy) is 1. The number of sulfonamides is 1. The number of carbonyl (C=O) groups excluding carboxylic acids is 1. The normalized spacial score (nSPS) is 18.6. The highest BCUT2D eigenvalue weighted by atomic mass is 32.2. The number of hydrogen-bond acceptors (Lipinski definition) is 10. The molecule has 0 radical (unpaired) electrons. The number of fused-ring (bicyclic) bond motifs is 1. The van der Waals surface area contributed by atoms with E-state index in [2.05, 4.69) is 30.4 Å². The maximum atomic E-state index is 14.8. The lowest BCUT2D eigenvalue weighted by atomic mass is 10.1. The largest absolute Gasteiger partial charge is 0.494 e. The highest BCUT2D eigenvalue weighted by Gasteiger charge is 2.40. The lowest BCUT2D eigenvalue weighted by molar-refractivity contribution is -0.129. The Morgan fingerprint density at radius 1 is 1.11 bits per heavy atom. The van der Waals surface area contributed by atoms with Gasteiger partial charge in [0, 0.05) is 72.2 Å². The second-order valence-electron chi connectivity index (χ2n) is 12.3. The number of alkyl halides is 2. The zero-order chi connectivity index (χ0) is 34.1. The fraction of sp³-hybridized carbons (Fsp3) is 0.469. The van der Waals surface area contributed by atoms with Crippen LogP contribution < -0.4 is 20.3 Å². The third-order valence-corrected chi connectivity index (χ3v) is 9.99. The van der Waals surface area contributed by atoms with Gasteiger partial charge in [-0.1, -0.05) is 24.3 Å². The van der Waals surface area contributed by atoms with Crippen molar-refractivity contribution >= 4 is 39.1 Å². The van der Waals surface area contributed by atoms with Gasteiger partial charge in [-0.2, -0.15) is 9.29 Å². The summed E-state index contributed by atoms with van der Waals surface area (Å²) in [5.74, 6) is -2.72. The van der Waals surface area contributed by atoms with Crippen molar-refractivity contribution in [1.82, 2.24) is 24.1 Å². The van der Waals surface area contributed by atoms with Crippen molar-refractivity contribution in [3.05, 3.63) is 65.4 Å². The molecule has 12 nitrogen and oxygen atoms in total. The minimum absolute atomic E-state index is 0.0641. The monoisotopic (exact) mass is 672 g/mol. The van der Waals surface area contributed by atoms with E-state index in [0.717, 1.165) is 62.4 Å². The van der Waals surface area contributed by atoms with Crippen LogP contribution in [-0.4, -0.2) is 112 Å². The summed E-state index contributed by atoms with van der Waals surface area (Å²) in [5, 5.41) is 6.26. The van der Waals surface area contributed by atoms with Crippen LogP contribution in [0.4, 0.5) is 31.9 Å². The molecule has 1 aromatic heterocycles. The highest BCUT2D eigenvalue weighted by Crippen LogP contribution is 2.40.